The first-order chi connectivity index (χ1) is 6.60. The molecule has 2 nitrogen and oxygen atoms in total. The van der Waals surface area contributed by atoms with Gasteiger partial charge in [0.05, 0.1) is 17.7 Å². The topological polar surface area (TPSA) is 26.3 Å². The third kappa shape index (κ3) is 2.16. The van der Waals surface area contributed by atoms with Gasteiger partial charge in [0.25, 0.3) is 0 Å². The molecule has 14 heavy (non-hydrogen) atoms. The zero-order valence-corrected chi connectivity index (χ0v) is 9.85. The van der Waals surface area contributed by atoms with Crippen LogP contribution < -0.4 is 0 Å². The van der Waals surface area contributed by atoms with Crippen LogP contribution in [0.15, 0.2) is 23.2 Å². The summed E-state index contributed by atoms with van der Waals surface area (Å²) in [6.45, 7) is 3.60. The average molecular weight is 276 g/mol. The van der Waals surface area contributed by atoms with E-state index >= 15 is 0 Å². The lowest BCUT2D eigenvalue weighted by Crippen LogP contribution is -2.03. The van der Waals surface area contributed by atoms with Crippen molar-refractivity contribution in [2.45, 2.75) is 0 Å². The maximum Gasteiger partial charge on any atom is 0.338 e. The highest BCUT2D eigenvalue weighted by molar-refractivity contribution is 9.10. The Morgan fingerprint density at radius 1 is 1.64 bits per heavy atom. The van der Waals surface area contributed by atoms with Crippen LogP contribution in [0.1, 0.15) is 15.9 Å². The average Bonchev–Trinajstić information content (AvgIpc) is 2.20. The molecule has 0 bridgehead atoms. The van der Waals surface area contributed by atoms with E-state index in [0.29, 0.717) is 20.6 Å². The monoisotopic (exact) mass is 274 g/mol. The van der Waals surface area contributed by atoms with Gasteiger partial charge in [0.1, 0.15) is 0 Å². The fourth-order valence-electron chi connectivity index (χ4n) is 1.02. The smallest absolute Gasteiger partial charge is 0.338 e. The van der Waals surface area contributed by atoms with E-state index in [1.165, 1.54) is 7.11 Å². The largest absolute Gasteiger partial charge is 0.465 e. The minimum Gasteiger partial charge on any atom is -0.465 e. The van der Waals surface area contributed by atoms with E-state index in [1.807, 2.05) is 0 Å². The van der Waals surface area contributed by atoms with Gasteiger partial charge in [-0.05, 0) is 33.6 Å². The molecule has 1 aromatic rings. The van der Waals surface area contributed by atoms with Crippen LogP contribution in [0.4, 0.5) is 0 Å². The quantitative estimate of drug-likeness (QED) is 0.772. The van der Waals surface area contributed by atoms with Gasteiger partial charge in [-0.3, -0.25) is 0 Å². The molecule has 0 spiro atoms. The van der Waals surface area contributed by atoms with Crippen LogP contribution in [-0.2, 0) is 4.74 Å². The third-order valence-corrected chi connectivity index (χ3v) is 2.91. The minimum atomic E-state index is -0.405. The van der Waals surface area contributed by atoms with Crippen LogP contribution in [0.25, 0.3) is 6.08 Å². The number of ether oxygens (including phenoxy) is 1. The molecule has 0 heterocycles. The van der Waals surface area contributed by atoms with Crippen molar-refractivity contribution in [2.24, 2.45) is 0 Å². The molecule has 0 saturated heterocycles. The predicted molar refractivity (Wildman–Crippen MR) is 60.6 cm³/mol. The zero-order chi connectivity index (χ0) is 10.7. The highest BCUT2D eigenvalue weighted by atomic mass is 79.9. The standard InChI is InChI=1S/C10H8BrClO2/c1-3-6-4-9(12)8(11)5-7(6)10(13)14-2/h3-5H,1H2,2H3. The second-order valence-electron chi connectivity index (χ2n) is 2.55. The number of halogens is 2. The Balaban J connectivity index is 3.34. The Kier molecular flexibility index (Phi) is 3.72. The fraction of sp³-hybridized carbons (Fsp3) is 0.100. The molecule has 0 fully saturated rings. The molecular weight excluding hydrogens is 267 g/mol. The molecule has 0 amide bonds. The lowest BCUT2D eigenvalue weighted by atomic mass is 10.1. The molecule has 74 valence electrons. The Hall–Kier alpha value is -0.800. The van der Waals surface area contributed by atoms with Gasteiger partial charge in [-0.15, -0.1) is 0 Å². The van der Waals surface area contributed by atoms with Gasteiger partial charge in [0.15, 0.2) is 0 Å². The van der Waals surface area contributed by atoms with E-state index in [0.717, 1.165) is 0 Å². The molecule has 1 aromatic carbocycles. The summed E-state index contributed by atoms with van der Waals surface area (Å²) in [7, 11) is 1.33. The summed E-state index contributed by atoms with van der Waals surface area (Å²) in [6, 6.07) is 3.27. The van der Waals surface area contributed by atoms with Crippen LogP contribution in [0.5, 0.6) is 0 Å². The number of carbonyl (C=O) groups excluding carboxylic acids is 1. The summed E-state index contributed by atoms with van der Waals surface area (Å²) in [4.78, 5) is 11.3. The second kappa shape index (κ2) is 4.62. The lowest BCUT2D eigenvalue weighted by Gasteiger charge is -2.05. The van der Waals surface area contributed by atoms with E-state index in [2.05, 4.69) is 27.2 Å². The molecule has 0 unspecified atom stereocenters. The fourth-order valence-corrected chi connectivity index (χ4v) is 1.53. The van der Waals surface area contributed by atoms with Crippen molar-refractivity contribution in [3.8, 4) is 0 Å². The van der Waals surface area contributed by atoms with Gasteiger partial charge in [-0.2, -0.15) is 0 Å². The van der Waals surface area contributed by atoms with Crippen molar-refractivity contribution in [2.75, 3.05) is 7.11 Å². The summed E-state index contributed by atoms with van der Waals surface area (Å²) >= 11 is 9.10. The predicted octanol–water partition coefficient (Wildman–Crippen LogP) is 3.53. The summed E-state index contributed by atoms with van der Waals surface area (Å²) in [5.41, 5.74) is 1.10. The Labute approximate surface area is 95.6 Å². The number of carbonyl (C=O) groups is 1. The lowest BCUT2D eigenvalue weighted by molar-refractivity contribution is 0.0600. The second-order valence-corrected chi connectivity index (χ2v) is 3.81. The molecule has 0 saturated carbocycles. The number of hydrogen-bond acceptors (Lipinski definition) is 2. The highest BCUT2D eigenvalue weighted by Gasteiger charge is 2.12. The van der Waals surface area contributed by atoms with Crippen molar-refractivity contribution >= 4 is 39.6 Å². The van der Waals surface area contributed by atoms with E-state index in [9.17, 15) is 4.79 Å². The van der Waals surface area contributed by atoms with Gasteiger partial charge < -0.3 is 4.74 Å². The van der Waals surface area contributed by atoms with Crippen LogP contribution >= 0.6 is 27.5 Å². The van der Waals surface area contributed by atoms with Gasteiger partial charge in [0, 0.05) is 4.47 Å². The zero-order valence-electron chi connectivity index (χ0n) is 7.51. The van der Waals surface area contributed by atoms with E-state index in [1.54, 1.807) is 18.2 Å². The number of esters is 1. The van der Waals surface area contributed by atoms with Crippen molar-refractivity contribution in [3.05, 3.63) is 39.3 Å². The highest BCUT2D eigenvalue weighted by Crippen LogP contribution is 2.27. The van der Waals surface area contributed by atoms with Gasteiger partial charge in [-0.25, -0.2) is 4.79 Å². The number of methoxy groups -OCH3 is 1. The summed E-state index contributed by atoms with van der Waals surface area (Å²) in [6.07, 6.45) is 1.56. The van der Waals surface area contributed by atoms with E-state index in [4.69, 9.17) is 11.6 Å². The molecule has 1 rings (SSSR count). The maximum atomic E-state index is 11.3. The van der Waals surface area contributed by atoms with E-state index < -0.39 is 5.97 Å². The van der Waals surface area contributed by atoms with Crippen molar-refractivity contribution in [1.29, 1.82) is 0 Å². The molecule has 0 aliphatic heterocycles. The molecule has 4 heteroatoms. The Morgan fingerprint density at radius 2 is 2.29 bits per heavy atom. The van der Waals surface area contributed by atoms with Crippen molar-refractivity contribution < 1.29 is 9.53 Å². The summed E-state index contributed by atoms with van der Waals surface area (Å²) < 4.78 is 5.28. The molecule has 0 N–H and O–H groups in total. The molecule has 0 radical (unpaired) electrons. The van der Waals surface area contributed by atoms with Crippen molar-refractivity contribution in [3.63, 3.8) is 0 Å². The Bertz CT molecular complexity index is 388. The molecule has 0 aliphatic rings. The van der Waals surface area contributed by atoms with E-state index in [-0.39, 0.29) is 0 Å². The van der Waals surface area contributed by atoms with Crippen LogP contribution in [-0.4, -0.2) is 13.1 Å². The molecule has 0 aliphatic carbocycles. The normalized spacial score (nSPS) is 9.64. The van der Waals surface area contributed by atoms with Crippen LogP contribution in [0.2, 0.25) is 5.02 Å². The maximum absolute atomic E-state index is 11.3. The third-order valence-electron chi connectivity index (χ3n) is 1.72. The van der Waals surface area contributed by atoms with Crippen LogP contribution in [0.3, 0.4) is 0 Å². The minimum absolute atomic E-state index is 0.405. The first kappa shape index (κ1) is 11.3. The van der Waals surface area contributed by atoms with Gasteiger partial charge in [0.2, 0.25) is 0 Å². The molecule has 0 aromatic heterocycles. The first-order valence-electron chi connectivity index (χ1n) is 3.80. The number of hydrogen-bond donors (Lipinski definition) is 0. The van der Waals surface area contributed by atoms with Crippen LogP contribution in [0, 0.1) is 0 Å². The van der Waals surface area contributed by atoms with Gasteiger partial charge >= 0.3 is 5.97 Å². The summed E-state index contributed by atoms with van der Waals surface area (Å²) in [5, 5.41) is 0.535. The first-order valence-corrected chi connectivity index (χ1v) is 4.97. The van der Waals surface area contributed by atoms with Gasteiger partial charge in [-0.1, -0.05) is 24.3 Å². The summed E-state index contributed by atoms with van der Waals surface area (Å²) in [5.74, 6) is -0.405. The van der Waals surface area contributed by atoms with Crippen molar-refractivity contribution in [1.82, 2.24) is 0 Å². The SMILES string of the molecule is C=Cc1cc(Cl)c(Br)cc1C(=O)OC. The number of rotatable bonds is 2. The number of benzene rings is 1. The Morgan fingerprint density at radius 3 is 2.79 bits per heavy atom. The molecular formula is C10H8BrClO2. The molecule has 0 atom stereocenters.